The number of aromatic nitrogens is 5. The van der Waals surface area contributed by atoms with Gasteiger partial charge in [-0.3, -0.25) is 4.79 Å². The summed E-state index contributed by atoms with van der Waals surface area (Å²) in [4.78, 5) is 26.8. The normalized spacial score (nSPS) is 11.6. The van der Waals surface area contributed by atoms with Crippen molar-refractivity contribution in [1.82, 2.24) is 24.7 Å². The van der Waals surface area contributed by atoms with Crippen molar-refractivity contribution >= 4 is 22.6 Å². The molecule has 4 heterocycles. The van der Waals surface area contributed by atoms with E-state index in [4.69, 9.17) is 4.42 Å². The van der Waals surface area contributed by atoms with Gasteiger partial charge in [-0.2, -0.15) is 9.78 Å². The fourth-order valence-electron chi connectivity index (χ4n) is 3.49. The molecule has 1 aromatic carbocycles. The van der Waals surface area contributed by atoms with Crippen molar-refractivity contribution in [1.29, 1.82) is 0 Å². The molecule has 8 heteroatoms. The van der Waals surface area contributed by atoms with Crippen molar-refractivity contribution in [2.45, 2.75) is 26.2 Å². The molecule has 0 saturated heterocycles. The molecular formula is C25H22N6O2. The van der Waals surface area contributed by atoms with Gasteiger partial charge >= 0.3 is 0 Å². The summed E-state index contributed by atoms with van der Waals surface area (Å²) in [5, 5.41) is 8.41. The second-order valence-corrected chi connectivity index (χ2v) is 8.63. The minimum atomic E-state index is -0.293. The van der Waals surface area contributed by atoms with Crippen LogP contribution in [0.15, 0.2) is 77.7 Å². The maximum Gasteiger partial charge on any atom is 0.257 e. The highest BCUT2D eigenvalue weighted by molar-refractivity contribution is 6.12. The predicted octanol–water partition coefficient (Wildman–Crippen LogP) is 5.02. The Morgan fingerprint density at radius 2 is 1.79 bits per heavy atom. The lowest BCUT2D eigenvalue weighted by atomic mass is 9.92. The zero-order chi connectivity index (χ0) is 23.0. The van der Waals surface area contributed by atoms with Gasteiger partial charge in [-0.05, 0) is 30.3 Å². The first-order chi connectivity index (χ1) is 15.9. The zero-order valence-corrected chi connectivity index (χ0v) is 18.5. The van der Waals surface area contributed by atoms with E-state index in [-0.39, 0.29) is 11.3 Å². The van der Waals surface area contributed by atoms with E-state index in [0.717, 1.165) is 11.1 Å². The Bertz CT molecular complexity index is 1430. The van der Waals surface area contributed by atoms with Crippen LogP contribution in [0.1, 0.15) is 36.8 Å². The Kier molecular flexibility index (Phi) is 4.97. The monoisotopic (exact) mass is 438 g/mol. The lowest BCUT2D eigenvalue weighted by molar-refractivity contribution is 0.102. The average Bonchev–Trinajstić information content (AvgIpc) is 3.49. The number of carbonyl (C=O) groups excluding carboxylic acids is 1. The number of carbonyl (C=O) groups is 1. The van der Waals surface area contributed by atoms with E-state index in [1.807, 2.05) is 36.4 Å². The van der Waals surface area contributed by atoms with Crippen LogP contribution in [-0.4, -0.2) is 30.6 Å². The lowest BCUT2D eigenvalue weighted by Gasteiger charge is -2.13. The summed E-state index contributed by atoms with van der Waals surface area (Å²) >= 11 is 0. The van der Waals surface area contributed by atoms with E-state index in [2.05, 4.69) is 46.1 Å². The molecule has 5 rings (SSSR count). The van der Waals surface area contributed by atoms with E-state index >= 15 is 0 Å². The molecule has 33 heavy (non-hydrogen) atoms. The number of hydrogen-bond donors (Lipinski definition) is 1. The molecule has 0 saturated carbocycles. The number of pyridine rings is 1. The van der Waals surface area contributed by atoms with E-state index in [9.17, 15) is 4.79 Å². The van der Waals surface area contributed by atoms with E-state index < -0.39 is 0 Å². The van der Waals surface area contributed by atoms with Gasteiger partial charge in [0, 0.05) is 29.3 Å². The molecule has 0 aliphatic carbocycles. The fraction of sp³-hybridized carbons (Fsp3) is 0.160. The van der Waals surface area contributed by atoms with Crippen LogP contribution in [-0.2, 0) is 5.41 Å². The highest BCUT2D eigenvalue weighted by atomic mass is 16.3. The molecule has 0 radical (unpaired) electrons. The smallest absolute Gasteiger partial charge is 0.257 e. The first-order valence-electron chi connectivity index (χ1n) is 10.5. The Morgan fingerprint density at radius 1 is 1.00 bits per heavy atom. The van der Waals surface area contributed by atoms with Crippen LogP contribution in [0.5, 0.6) is 0 Å². The maximum absolute atomic E-state index is 13.5. The number of rotatable bonds is 4. The van der Waals surface area contributed by atoms with Crippen molar-refractivity contribution < 1.29 is 9.21 Å². The molecule has 5 aromatic rings. The van der Waals surface area contributed by atoms with Gasteiger partial charge < -0.3 is 9.73 Å². The van der Waals surface area contributed by atoms with E-state index in [0.29, 0.717) is 34.3 Å². The van der Waals surface area contributed by atoms with Crippen molar-refractivity contribution in [3.05, 3.63) is 84.5 Å². The number of anilines is 1. The molecule has 164 valence electrons. The van der Waals surface area contributed by atoms with Gasteiger partial charge in [0.05, 0.1) is 23.0 Å². The summed E-state index contributed by atoms with van der Waals surface area (Å²) in [6.07, 6.45) is 4.86. The maximum atomic E-state index is 13.5. The van der Waals surface area contributed by atoms with Gasteiger partial charge in [-0.25, -0.2) is 15.0 Å². The van der Waals surface area contributed by atoms with Crippen molar-refractivity contribution in [2.75, 3.05) is 5.32 Å². The fourth-order valence-corrected chi connectivity index (χ4v) is 3.49. The SMILES string of the molecule is CC(C)(C)c1cc(NC(=O)c2cc(-c3ccco3)nc3ccccc23)n(-c2ncccn2)n1. The predicted molar refractivity (Wildman–Crippen MR) is 125 cm³/mol. The standard InChI is InChI=1S/C25H22N6O2/c1-25(2,3)21-15-22(31(30-21)24-26-11-7-12-27-24)29-23(32)17-14-19(20-10-6-13-33-20)28-18-9-5-4-8-16(17)18/h4-15H,1-3H3,(H,29,32). The first-order valence-corrected chi connectivity index (χ1v) is 10.5. The summed E-state index contributed by atoms with van der Waals surface area (Å²) in [5.41, 5.74) is 2.34. The first kappa shape index (κ1) is 20.6. The number of furan rings is 1. The molecule has 1 amide bonds. The Balaban J connectivity index is 1.60. The molecule has 1 N–H and O–H groups in total. The summed E-state index contributed by atoms with van der Waals surface area (Å²) in [6.45, 7) is 6.18. The largest absolute Gasteiger partial charge is 0.463 e. The lowest BCUT2D eigenvalue weighted by Crippen LogP contribution is -2.17. The number of benzene rings is 1. The minimum Gasteiger partial charge on any atom is -0.463 e. The van der Waals surface area contributed by atoms with Gasteiger partial charge in [0.1, 0.15) is 11.5 Å². The topological polar surface area (TPSA) is 98.7 Å². The molecule has 0 fully saturated rings. The number of para-hydroxylation sites is 1. The third-order valence-corrected chi connectivity index (χ3v) is 5.20. The molecule has 8 nitrogen and oxygen atoms in total. The number of fused-ring (bicyclic) bond motifs is 1. The Morgan fingerprint density at radius 3 is 2.52 bits per heavy atom. The zero-order valence-electron chi connectivity index (χ0n) is 18.5. The van der Waals surface area contributed by atoms with E-state index in [1.54, 1.807) is 41.5 Å². The Labute approximate surface area is 190 Å². The van der Waals surface area contributed by atoms with E-state index in [1.165, 1.54) is 0 Å². The van der Waals surface area contributed by atoms with Gasteiger partial charge in [-0.15, -0.1) is 0 Å². The minimum absolute atomic E-state index is 0.227. The third kappa shape index (κ3) is 3.98. The van der Waals surface area contributed by atoms with Gasteiger partial charge in [-0.1, -0.05) is 39.0 Å². The van der Waals surface area contributed by atoms with Crippen LogP contribution in [0.4, 0.5) is 5.82 Å². The van der Waals surface area contributed by atoms with Gasteiger partial charge in [0.15, 0.2) is 5.76 Å². The number of nitrogens with one attached hydrogen (secondary N) is 1. The van der Waals surface area contributed by atoms with Gasteiger partial charge in [0.25, 0.3) is 11.9 Å². The molecule has 0 aliphatic heterocycles. The van der Waals surface area contributed by atoms with Crippen molar-refractivity contribution in [2.24, 2.45) is 0 Å². The number of amides is 1. The molecule has 0 bridgehead atoms. The third-order valence-electron chi connectivity index (χ3n) is 5.20. The summed E-state index contributed by atoms with van der Waals surface area (Å²) in [6, 6.07) is 16.4. The highest BCUT2D eigenvalue weighted by Gasteiger charge is 2.23. The van der Waals surface area contributed by atoms with Crippen LogP contribution in [0.3, 0.4) is 0 Å². The number of nitrogens with zero attached hydrogens (tertiary/aromatic N) is 5. The summed E-state index contributed by atoms with van der Waals surface area (Å²) in [7, 11) is 0. The number of hydrogen-bond acceptors (Lipinski definition) is 6. The highest BCUT2D eigenvalue weighted by Crippen LogP contribution is 2.28. The molecule has 0 aliphatic rings. The molecular weight excluding hydrogens is 416 g/mol. The quantitative estimate of drug-likeness (QED) is 0.423. The summed E-state index contributed by atoms with van der Waals surface area (Å²) in [5.74, 6) is 1.15. The van der Waals surface area contributed by atoms with Crippen LogP contribution < -0.4 is 5.32 Å². The Hall–Kier alpha value is -4.33. The van der Waals surface area contributed by atoms with Crippen LogP contribution in [0, 0.1) is 0 Å². The molecule has 4 aromatic heterocycles. The second-order valence-electron chi connectivity index (χ2n) is 8.63. The average molecular weight is 438 g/mol. The van der Waals surface area contributed by atoms with Crippen LogP contribution in [0.2, 0.25) is 0 Å². The molecule has 0 unspecified atom stereocenters. The van der Waals surface area contributed by atoms with Crippen LogP contribution >= 0.6 is 0 Å². The summed E-state index contributed by atoms with van der Waals surface area (Å²) < 4.78 is 7.07. The van der Waals surface area contributed by atoms with Gasteiger partial charge in [0.2, 0.25) is 0 Å². The van der Waals surface area contributed by atoms with Crippen molar-refractivity contribution in [3.8, 4) is 17.4 Å². The molecule has 0 spiro atoms. The second kappa shape index (κ2) is 7.98. The van der Waals surface area contributed by atoms with Crippen molar-refractivity contribution in [3.63, 3.8) is 0 Å². The van der Waals surface area contributed by atoms with Crippen LogP contribution in [0.25, 0.3) is 28.3 Å². The molecule has 0 atom stereocenters.